The summed E-state index contributed by atoms with van der Waals surface area (Å²) < 4.78 is 55.0. The maximum atomic E-state index is 13.2. The fraction of sp³-hybridized carbons (Fsp3) is 0.533. The maximum absolute atomic E-state index is 13.2. The number of halogens is 2. The zero-order valence-corrected chi connectivity index (χ0v) is 13.4. The van der Waals surface area contributed by atoms with Gasteiger partial charge in [-0.1, -0.05) is 0 Å². The number of methoxy groups -OCH3 is 1. The first kappa shape index (κ1) is 16.3. The summed E-state index contributed by atoms with van der Waals surface area (Å²) in [6.45, 7) is 0.467. The minimum atomic E-state index is -3.29. The lowest BCUT2D eigenvalue weighted by Crippen LogP contribution is -2.68. The van der Waals surface area contributed by atoms with E-state index in [0.29, 0.717) is 13.0 Å². The molecule has 3 rings (SSSR count). The zero-order chi connectivity index (χ0) is 16.8. The van der Waals surface area contributed by atoms with Gasteiger partial charge in [0.15, 0.2) is 21.5 Å². The molecular weight excluding hydrogens is 328 g/mol. The number of nitrogens with zero attached hydrogens (tertiary/aromatic N) is 1. The topological polar surface area (TPSA) is 63.7 Å². The van der Waals surface area contributed by atoms with Crippen molar-refractivity contribution in [3.8, 4) is 0 Å². The van der Waals surface area contributed by atoms with Gasteiger partial charge in [0.1, 0.15) is 4.75 Å². The molecule has 1 spiro atoms. The van der Waals surface area contributed by atoms with E-state index < -0.39 is 32.1 Å². The Morgan fingerprint density at radius 3 is 2.65 bits per heavy atom. The van der Waals surface area contributed by atoms with Crippen molar-refractivity contribution >= 4 is 15.7 Å². The average Bonchev–Trinajstić information content (AvgIpc) is 2.71. The molecule has 2 fully saturated rings. The number of hydrogen-bond donors (Lipinski definition) is 0. The molecule has 1 aromatic rings. The highest BCUT2D eigenvalue weighted by Crippen LogP contribution is 2.45. The third-order valence-corrected chi connectivity index (χ3v) is 7.44. The number of amides is 1. The molecule has 2 saturated heterocycles. The van der Waals surface area contributed by atoms with Crippen LogP contribution >= 0.6 is 0 Å². The number of rotatable bonds is 3. The molecule has 1 amide bonds. The van der Waals surface area contributed by atoms with Crippen molar-refractivity contribution in [1.29, 1.82) is 0 Å². The zero-order valence-electron chi connectivity index (χ0n) is 12.6. The van der Waals surface area contributed by atoms with Gasteiger partial charge in [-0.3, -0.25) is 4.79 Å². The molecule has 1 atom stereocenters. The van der Waals surface area contributed by atoms with E-state index in [4.69, 9.17) is 4.74 Å². The summed E-state index contributed by atoms with van der Waals surface area (Å²) in [6.07, 6.45) is 0.517. The Kier molecular flexibility index (Phi) is 3.92. The Morgan fingerprint density at radius 2 is 2.04 bits per heavy atom. The van der Waals surface area contributed by atoms with E-state index in [1.165, 1.54) is 18.1 Å². The molecule has 8 heteroatoms. The molecule has 2 aliphatic rings. The van der Waals surface area contributed by atoms with Crippen molar-refractivity contribution in [3.63, 3.8) is 0 Å². The Balaban J connectivity index is 1.79. The Bertz CT molecular complexity index is 744. The Hall–Kier alpha value is -1.54. The lowest BCUT2D eigenvalue weighted by Gasteiger charge is -2.49. The van der Waals surface area contributed by atoms with E-state index >= 15 is 0 Å². The van der Waals surface area contributed by atoms with Crippen LogP contribution in [0.1, 0.15) is 16.8 Å². The Labute approximate surface area is 133 Å². The van der Waals surface area contributed by atoms with Gasteiger partial charge in [0.05, 0.1) is 12.4 Å². The second-order valence-corrected chi connectivity index (χ2v) is 8.57. The molecule has 0 radical (unpaired) electrons. The number of ether oxygens (including phenoxy) is 1. The van der Waals surface area contributed by atoms with Crippen LogP contribution in [0.3, 0.4) is 0 Å². The van der Waals surface area contributed by atoms with Crippen molar-refractivity contribution in [2.24, 2.45) is 5.92 Å². The van der Waals surface area contributed by atoms with Crippen LogP contribution in [0, 0.1) is 17.6 Å². The first-order chi connectivity index (χ1) is 10.8. The molecule has 23 heavy (non-hydrogen) atoms. The molecule has 2 aliphatic heterocycles. The number of hydrogen-bond acceptors (Lipinski definition) is 4. The van der Waals surface area contributed by atoms with Crippen molar-refractivity contribution in [1.82, 2.24) is 4.90 Å². The molecule has 1 unspecified atom stereocenters. The summed E-state index contributed by atoms with van der Waals surface area (Å²) >= 11 is 0. The second kappa shape index (κ2) is 5.52. The summed E-state index contributed by atoms with van der Waals surface area (Å²) in [5.41, 5.74) is 0.0115. The van der Waals surface area contributed by atoms with Gasteiger partial charge in [-0.2, -0.15) is 0 Å². The predicted octanol–water partition coefficient (Wildman–Crippen LogP) is 1.24. The standard InChI is InChI=1S/C15H17F2NO4S/c1-22-7-11-4-5-23(20,21)15(11)8-18(9-15)14(19)10-2-3-12(16)13(17)6-10/h2-3,6,11H,4-5,7-9H2,1H3. The van der Waals surface area contributed by atoms with Crippen molar-refractivity contribution in [2.45, 2.75) is 11.2 Å². The lowest BCUT2D eigenvalue weighted by atomic mass is 9.83. The van der Waals surface area contributed by atoms with Gasteiger partial charge in [0, 0.05) is 31.7 Å². The minimum Gasteiger partial charge on any atom is -0.384 e. The van der Waals surface area contributed by atoms with E-state index in [1.54, 1.807) is 0 Å². The number of likely N-dealkylation sites (tertiary alicyclic amines) is 1. The van der Waals surface area contributed by atoms with E-state index in [0.717, 1.165) is 12.1 Å². The van der Waals surface area contributed by atoms with E-state index in [-0.39, 0.29) is 30.3 Å². The number of sulfone groups is 1. The van der Waals surface area contributed by atoms with Crippen LogP contribution in [0.4, 0.5) is 8.78 Å². The normalized spacial score (nSPS) is 24.7. The van der Waals surface area contributed by atoms with E-state index in [2.05, 4.69) is 0 Å². The molecule has 0 aliphatic carbocycles. The fourth-order valence-corrected chi connectivity index (χ4v) is 5.86. The van der Waals surface area contributed by atoms with Crippen molar-refractivity contribution in [3.05, 3.63) is 35.4 Å². The van der Waals surface area contributed by atoms with Crippen LogP contribution in [0.5, 0.6) is 0 Å². The van der Waals surface area contributed by atoms with Gasteiger partial charge in [-0.25, -0.2) is 17.2 Å². The second-order valence-electron chi connectivity index (χ2n) is 6.11. The van der Waals surface area contributed by atoms with Gasteiger partial charge in [-0.15, -0.1) is 0 Å². The van der Waals surface area contributed by atoms with Crippen molar-refractivity contribution < 1.29 is 26.7 Å². The van der Waals surface area contributed by atoms with Gasteiger partial charge < -0.3 is 9.64 Å². The monoisotopic (exact) mass is 345 g/mol. The molecule has 2 heterocycles. The molecule has 0 N–H and O–H groups in total. The largest absolute Gasteiger partial charge is 0.384 e. The molecule has 5 nitrogen and oxygen atoms in total. The molecule has 1 aromatic carbocycles. The average molecular weight is 345 g/mol. The third kappa shape index (κ3) is 2.44. The number of carbonyl (C=O) groups excluding carboxylic acids is 1. The van der Waals surface area contributed by atoms with Gasteiger partial charge in [0.25, 0.3) is 5.91 Å². The van der Waals surface area contributed by atoms with Crippen LogP contribution in [0.2, 0.25) is 0 Å². The van der Waals surface area contributed by atoms with E-state index in [9.17, 15) is 22.0 Å². The van der Waals surface area contributed by atoms with Gasteiger partial charge >= 0.3 is 0 Å². The summed E-state index contributed by atoms with van der Waals surface area (Å²) in [4.78, 5) is 13.7. The quantitative estimate of drug-likeness (QED) is 0.827. The summed E-state index contributed by atoms with van der Waals surface area (Å²) in [5, 5.41) is 0. The smallest absolute Gasteiger partial charge is 0.254 e. The summed E-state index contributed by atoms with van der Waals surface area (Å²) in [6, 6.07) is 2.91. The third-order valence-electron chi connectivity index (χ3n) is 4.84. The highest BCUT2D eigenvalue weighted by molar-refractivity contribution is 7.93. The highest BCUT2D eigenvalue weighted by Gasteiger charge is 2.62. The summed E-state index contributed by atoms with van der Waals surface area (Å²) in [5.74, 6) is -2.68. The van der Waals surface area contributed by atoms with Gasteiger partial charge in [0.2, 0.25) is 0 Å². The number of carbonyl (C=O) groups is 1. The SMILES string of the molecule is COCC1CCS(=O)(=O)C12CN(C(=O)c1ccc(F)c(F)c1)C2. The summed E-state index contributed by atoms with van der Waals surface area (Å²) in [7, 11) is -1.78. The molecule has 126 valence electrons. The molecule has 0 bridgehead atoms. The first-order valence-electron chi connectivity index (χ1n) is 7.26. The lowest BCUT2D eigenvalue weighted by molar-refractivity contribution is 0.0336. The molecule has 0 aromatic heterocycles. The van der Waals surface area contributed by atoms with Crippen LogP contribution in [0.25, 0.3) is 0 Å². The minimum absolute atomic E-state index is 0.0115. The first-order valence-corrected chi connectivity index (χ1v) is 8.91. The van der Waals surface area contributed by atoms with E-state index in [1.807, 2.05) is 0 Å². The van der Waals surface area contributed by atoms with Crippen LogP contribution in [0.15, 0.2) is 18.2 Å². The highest BCUT2D eigenvalue weighted by atomic mass is 32.2. The fourth-order valence-electron chi connectivity index (χ4n) is 3.46. The van der Waals surface area contributed by atoms with Crippen LogP contribution in [-0.4, -0.2) is 56.5 Å². The Morgan fingerprint density at radius 1 is 1.35 bits per heavy atom. The van der Waals surface area contributed by atoms with Crippen molar-refractivity contribution in [2.75, 3.05) is 32.6 Å². The number of benzene rings is 1. The van der Waals surface area contributed by atoms with Crippen LogP contribution < -0.4 is 0 Å². The molecule has 0 saturated carbocycles. The maximum Gasteiger partial charge on any atom is 0.254 e. The van der Waals surface area contributed by atoms with Gasteiger partial charge in [-0.05, 0) is 24.6 Å². The predicted molar refractivity (Wildman–Crippen MR) is 78.8 cm³/mol. The molecular formula is C15H17F2NO4S. The van der Waals surface area contributed by atoms with Crippen LogP contribution in [-0.2, 0) is 14.6 Å².